The van der Waals surface area contributed by atoms with Crippen LogP contribution >= 0.6 is 11.6 Å². The van der Waals surface area contributed by atoms with Crippen LogP contribution in [-0.4, -0.2) is 26.6 Å². The van der Waals surface area contributed by atoms with Gasteiger partial charge in [-0.1, -0.05) is 6.92 Å². The van der Waals surface area contributed by atoms with Crippen molar-refractivity contribution in [3.63, 3.8) is 0 Å². The number of aromatic nitrogens is 2. The molecule has 1 atom stereocenters. The lowest BCUT2D eigenvalue weighted by atomic mass is 10.0. The summed E-state index contributed by atoms with van der Waals surface area (Å²) in [5.41, 5.74) is 0.989. The van der Waals surface area contributed by atoms with Crippen molar-refractivity contribution in [2.75, 3.05) is 0 Å². The van der Waals surface area contributed by atoms with Crippen molar-refractivity contribution in [2.24, 2.45) is 7.05 Å². The zero-order valence-electron chi connectivity index (χ0n) is 11.0. The second-order valence-corrected chi connectivity index (χ2v) is 5.46. The van der Waals surface area contributed by atoms with Crippen LogP contribution in [0.1, 0.15) is 43.7 Å². The standard InChI is InChI=1S/C12H20ClN3O/c1-6-10-9(7-16(5)15-10)11(17)14-12(3,4)8(2)13/h7-8H,6H2,1-5H3,(H,14,17). The number of nitrogens with one attached hydrogen (secondary N) is 1. The Morgan fingerprint density at radius 1 is 1.65 bits per heavy atom. The fourth-order valence-corrected chi connectivity index (χ4v) is 1.50. The molecule has 0 bridgehead atoms. The molecular formula is C12H20ClN3O. The molecule has 1 heterocycles. The van der Waals surface area contributed by atoms with Gasteiger partial charge in [-0.25, -0.2) is 0 Å². The molecule has 0 saturated heterocycles. The minimum absolute atomic E-state index is 0.118. The molecule has 1 aromatic rings. The maximum atomic E-state index is 12.1. The Hall–Kier alpha value is -1.03. The molecule has 1 aromatic heterocycles. The monoisotopic (exact) mass is 257 g/mol. The summed E-state index contributed by atoms with van der Waals surface area (Å²) in [5.74, 6) is -0.118. The number of halogens is 1. The van der Waals surface area contributed by atoms with E-state index in [9.17, 15) is 4.79 Å². The largest absolute Gasteiger partial charge is 0.346 e. The first-order valence-corrected chi connectivity index (χ1v) is 6.20. The van der Waals surface area contributed by atoms with E-state index in [0.29, 0.717) is 5.56 Å². The van der Waals surface area contributed by atoms with E-state index in [2.05, 4.69) is 10.4 Å². The van der Waals surface area contributed by atoms with Crippen LogP contribution in [0.5, 0.6) is 0 Å². The maximum absolute atomic E-state index is 12.1. The van der Waals surface area contributed by atoms with Crippen molar-refractivity contribution >= 4 is 17.5 Å². The summed E-state index contributed by atoms with van der Waals surface area (Å²) in [4.78, 5) is 12.1. The molecule has 1 rings (SSSR count). The highest BCUT2D eigenvalue weighted by Crippen LogP contribution is 2.16. The Balaban J connectivity index is 2.90. The Kier molecular flexibility index (Phi) is 4.20. The van der Waals surface area contributed by atoms with Crippen LogP contribution in [0, 0.1) is 0 Å². The number of rotatable bonds is 4. The third-order valence-electron chi connectivity index (χ3n) is 2.91. The second kappa shape index (κ2) is 5.08. The van der Waals surface area contributed by atoms with Crippen LogP contribution in [0.2, 0.25) is 0 Å². The second-order valence-electron chi connectivity index (χ2n) is 4.81. The fourth-order valence-electron chi connectivity index (χ4n) is 1.44. The number of carbonyl (C=O) groups is 1. The van der Waals surface area contributed by atoms with Crippen LogP contribution in [0.3, 0.4) is 0 Å². The first-order chi connectivity index (χ1) is 7.77. The lowest BCUT2D eigenvalue weighted by Crippen LogP contribution is -2.49. The van der Waals surface area contributed by atoms with Crippen molar-refractivity contribution in [3.8, 4) is 0 Å². The van der Waals surface area contributed by atoms with Gasteiger partial charge in [-0.15, -0.1) is 11.6 Å². The number of alkyl halides is 1. The van der Waals surface area contributed by atoms with Gasteiger partial charge < -0.3 is 5.32 Å². The fraction of sp³-hybridized carbons (Fsp3) is 0.667. The summed E-state index contributed by atoms with van der Waals surface area (Å²) in [7, 11) is 1.81. The van der Waals surface area contributed by atoms with E-state index in [1.807, 2.05) is 34.7 Å². The minimum atomic E-state index is -0.445. The van der Waals surface area contributed by atoms with Crippen LogP contribution in [0.25, 0.3) is 0 Å². The molecule has 1 N–H and O–H groups in total. The summed E-state index contributed by atoms with van der Waals surface area (Å²) in [6.07, 6.45) is 2.48. The number of nitrogens with zero attached hydrogens (tertiary/aromatic N) is 2. The molecule has 0 aromatic carbocycles. The Morgan fingerprint density at radius 3 is 2.71 bits per heavy atom. The topological polar surface area (TPSA) is 46.9 Å². The van der Waals surface area contributed by atoms with Gasteiger partial charge in [0.15, 0.2) is 0 Å². The Labute approximate surface area is 107 Å². The van der Waals surface area contributed by atoms with Crippen molar-refractivity contribution in [1.82, 2.24) is 15.1 Å². The van der Waals surface area contributed by atoms with Gasteiger partial charge >= 0.3 is 0 Å². The van der Waals surface area contributed by atoms with Gasteiger partial charge in [-0.05, 0) is 27.2 Å². The zero-order chi connectivity index (χ0) is 13.2. The molecule has 0 saturated carbocycles. The first-order valence-electron chi connectivity index (χ1n) is 5.77. The molecule has 5 heteroatoms. The molecule has 1 unspecified atom stereocenters. The van der Waals surface area contributed by atoms with Crippen LogP contribution in [0.4, 0.5) is 0 Å². The molecule has 0 radical (unpaired) electrons. The number of aryl methyl sites for hydroxylation is 2. The highest BCUT2D eigenvalue weighted by atomic mass is 35.5. The van der Waals surface area contributed by atoms with Gasteiger partial charge in [0, 0.05) is 13.2 Å². The SMILES string of the molecule is CCc1nn(C)cc1C(=O)NC(C)(C)C(C)Cl. The van der Waals surface area contributed by atoms with Crippen LogP contribution in [-0.2, 0) is 13.5 Å². The van der Waals surface area contributed by atoms with E-state index in [0.717, 1.165) is 12.1 Å². The van der Waals surface area contributed by atoms with Crippen molar-refractivity contribution in [1.29, 1.82) is 0 Å². The normalized spacial score (nSPS) is 13.5. The maximum Gasteiger partial charge on any atom is 0.255 e. The third kappa shape index (κ3) is 3.22. The van der Waals surface area contributed by atoms with Gasteiger partial charge in [0.05, 0.1) is 22.2 Å². The van der Waals surface area contributed by atoms with E-state index >= 15 is 0 Å². The highest BCUT2D eigenvalue weighted by Gasteiger charge is 2.27. The predicted octanol–water partition coefficient (Wildman–Crippen LogP) is 2.12. The number of carbonyl (C=O) groups excluding carboxylic acids is 1. The Morgan fingerprint density at radius 2 is 2.24 bits per heavy atom. The highest BCUT2D eigenvalue weighted by molar-refractivity contribution is 6.21. The number of amides is 1. The van der Waals surface area contributed by atoms with Crippen LogP contribution in [0.15, 0.2) is 6.20 Å². The lowest BCUT2D eigenvalue weighted by molar-refractivity contribution is 0.0911. The first kappa shape index (κ1) is 14.0. The molecule has 0 aliphatic rings. The number of hydrogen-bond donors (Lipinski definition) is 1. The minimum Gasteiger partial charge on any atom is -0.346 e. The van der Waals surface area contributed by atoms with Crippen molar-refractivity contribution in [2.45, 2.75) is 45.0 Å². The predicted molar refractivity (Wildman–Crippen MR) is 69.4 cm³/mol. The molecule has 96 valence electrons. The van der Waals surface area contributed by atoms with Gasteiger partial charge in [0.25, 0.3) is 5.91 Å². The summed E-state index contributed by atoms with van der Waals surface area (Å²) in [5, 5.41) is 7.04. The van der Waals surface area contributed by atoms with E-state index in [1.54, 1.807) is 10.9 Å². The van der Waals surface area contributed by atoms with E-state index in [4.69, 9.17) is 11.6 Å². The summed E-state index contributed by atoms with van der Waals surface area (Å²) in [6.45, 7) is 7.66. The van der Waals surface area contributed by atoms with Gasteiger partial charge in [0.1, 0.15) is 0 Å². The summed E-state index contributed by atoms with van der Waals surface area (Å²) in [6, 6.07) is 0. The van der Waals surface area contributed by atoms with E-state index in [-0.39, 0.29) is 11.3 Å². The molecule has 0 spiro atoms. The summed E-state index contributed by atoms with van der Waals surface area (Å²) >= 11 is 6.04. The smallest absolute Gasteiger partial charge is 0.255 e. The molecule has 0 aliphatic heterocycles. The van der Waals surface area contributed by atoms with Gasteiger partial charge in [0.2, 0.25) is 0 Å². The molecule has 0 aliphatic carbocycles. The summed E-state index contributed by atoms with van der Waals surface area (Å²) < 4.78 is 1.66. The quantitative estimate of drug-likeness (QED) is 0.840. The number of hydrogen-bond acceptors (Lipinski definition) is 2. The third-order valence-corrected chi connectivity index (χ3v) is 3.46. The van der Waals surface area contributed by atoms with Crippen molar-refractivity contribution < 1.29 is 4.79 Å². The van der Waals surface area contributed by atoms with Crippen molar-refractivity contribution in [3.05, 3.63) is 17.5 Å². The average Bonchev–Trinajstić information content (AvgIpc) is 2.58. The molecule has 17 heavy (non-hydrogen) atoms. The van der Waals surface area contributed by atoms with E-state index < -0.39 is 5.54 Å². The molecule has 0 fully saturated rings. The van der Waals surface area contributed by atoms with Gasteiger partial charge in [-0.3, -0.25) is 9.48 Å². The van der Waals surface area contributed by atoms with Crippen LogP contribution < -0.4 is 5.32 Å². The Bertz CT molecular complexity index is 410. The van der Waals surface area contributed by atoms with E-state index in [1.165, 1.54) is 0 Å². The zero-order valence-corrected chi connectivity index (χ0v) is 11.8. The average molecular weight is 258 g/mol. The van der Waals surface area contributed by atoms with Gasteiger partial charge in [-0.2, -0.15) is 5.10 Å². The lowest BCUT2D eigenvalue weighted by Gasteiger charge is -2.28. The molecular weight excluding hydrogens is 238 g/mol. The molecule has 1 amide bonds. The molecule has 4 nitrogen and oxygen atoms in total.